The highest BCUT2D eigenvalue weighted by Gasteiger charge is 2.12. The Morgan fingerprint density at radius 3 is 2.53 bits per heavy atom. The second kappa shape index (κ2) is 10.1. The molecule has 3 N–H and O–H groups in total. The largest absolute Gasteiger partial charge is 0.467 e. The molecule has 0 aliphatic carbocycles. The smallest absolute Gasteiger partial charge is 0.253 e. The molecule has 6 nitrogen and oxygen atoms in total. The Morgan fingerprint density at radius 1 is 1.03 bits per heavy atom. The van der Waals surface area contributed by atoms with Crippen molar-refractivity contribution in [1.82, 2.24) is 10.6 Å². The Bertz CT molecular complexity index is 1060. The summed E-state index contributed by atoms with van der Waals surface area (Å²) in [7, 11) is 0. The zero-order valence-electron chi connectivity index (χ0n) is 15.7. The van der Waals surface area contributed by atoms with Gasteiger partial charge in [-0.2, -0.15) is 0 Å². The summed E-state index contributed by atoms with van der Waals surface area (Å²) in [6, 6.07) is 16.0. The van der Waals surface area contributed by atoms with Crippen LogP contribution in [0.25, 0.3) is 6.08 Å². The number of amides is 2. The lowest BCUT2D eigenvalue weighted by Gasteiger charge is -2.12. The van der Waals surface area contributed by atoms with E-state index in [4.69, 9.17) is 16.6 Å². The van der Waals surface area contributed by atoms with Crippen LogP contribution in [-0.4, -0.2) is 16.9 Å². The molecular weight excluding hydrogens is 405 g/mol. The van der Waals surface area contributed by atoms with Gasteiger partial charge >= 0.3 is 0 Å². The lowest BCUT2D eigenvalue weighted by molar-refractivity contribution is -0.115. The van der Waals surface area contributed by atoms with Crippen LogP contribution in [0.5, 0.6) is 0 Å². The van der Waals surface area contributed by atoms with Crippen molar-refractivity contribution in [3.63, 3.8) is 0 Å². The van der Waals surface area contributed by atoms with Gasteiger partial charge in [-0.1, -0.05) is 24.3 Å². The van der Waals surface area contributed by atoms with Crippen LogP contribution in [0.1, 0.15) is 21.7 Å². The van der Waals surface area contributed by atoms with Crippen LogP contribution in [0.4, 0.5) is 10.1 Å². The van der Waals surface area contributed by atoms with Gasteiger partial charge in [0, 0.05) is 6.08 Å². The van der Waals surface area contributed by atoms with Gasteiger partial charge in [-0.05, 0) is 60.3 Å². The number of carbonyl (C=O) groups excluding carboxylic acids is 2. The van der Waals surface area contributed by atoms with E-state index in [2.05, 4.69) is 16.0 Å². The summed E-state index contributed by atoms with van der Waals surface area (Å²) < 4.78 is 18.1. The fraction of sp³-hybridized carbons (Fsp3) is 0.0455. The molecule has 0 atom stereocenters. The summed E-state index contributed by atoms with van der Waals surface area (Å²) in [5.41, 5.74) is 1.48. The van der Waals surface area contributed by atoms with Crippen LogP contribution in [0.2, 0.25) is 0 Å². The molecule has 0 fully saturated rings. The molecule has 3 rings (SSSR count). The first-order chi connectivity index (χ1) is 14.5. The van der Waals surface area contributed by atoms with Gasteiger partial charge in [0.05, 0.1) is 24.1 Å². The van der Waals surface area contributed by atoms with Gasteiger partial charge < -0.3 is 15.1 Å². The van der Waals surface area contributed by atoms with E-state index in [9.17, 15) is 14.0 Å². The molecule has 1 heterocycles. The van der Waals surface area contributed by atoms with Crippen LogP contribution in [0.3, 0.4) is 0 Å². The number of hydrogen-bond acceptors (Lipinski definition) is 4. The number of thiocarbonyl (C=S) groups is 1. The van der Waals surface area contributed by atoms with Crippen molar-refractivity contribution in [2.45, 2.75) is 6.54 Å². The molecule has 8 heteroatoms. The molecule has 1 aromatic heterocycles. The highest BCUT2D eigenvalue weighted by atomic mass is 32.1. The van der Waals surface area contributed by atoms with Crippen molar-refractivity contribution >= 4 is 40.9 Å². The third-order valence-corrected chi connectivity index (χ3v) is 4.16. The zero-order valence-corrected chi connectivity index (χ0v) is 16.5. The maximum Gasteiger partial charge on any atom is 0.253 e. The fourth-order valence-electron chi connectivity index (χ4n) is 2.52. The summed E-state index contributed by atoms with van der Waals surface area (Å²) in [6.07, 6.45) is 4.35. The number of para-hydroxylation sites is 1. The van der Waals surface area contributed by atoms with E-state index in [0.29, 0.717) is 22.6 Å². The Morgan fingerprint density at radius 2 is 1.80 bits per heavy atom. The molecular formula is C22H18FN3O3S. The number of benzene rings is 2. The molecule has 0 radical (unpaired) electrons. The minimum absolute atomic E-state index is 0.0371. The molecule has 0 spiro atoms. The summed E-state index contributed by atoms with van der Waals surface area (Å²) in [5, 5.41) is 8.15. The summed E-state index contributed by atoms with van der Waals surface area (Å²) in [6.45, 7) is 0.246. The predicted octanol–water partition coefficient (Wildman–Crippen LogP) is 3.88. The lowest BCUT2D eigenvalue weighted by atomic mass is 10.1. The van der Waals surface area contributed by atoms with Gasteiger partial charge in [-0.3, -0.25) is 14.9 Å². The molecule has 0 saturated carbocycles. The molecule has 0 bridgehead atoms. The number of hydrogen-bond donors (Lipinski definition) is 3. The fourth-order valence-corrected chi connectivity index (χ4v) is 2.73. The average molecular weight is 423 g/mol. The van der Waals surface area contributed by atoms with E-state index in [0.717, 1.165) is 0 Å². The van der Waals surface area contributed by atoms with Gasteiger partial charge in [-0.15, -0.1) is 0 Å². The van der Waals surface area contributed by atoms with Crippen molar-refractivity contribution in [2.24, 2.45) is 0 Å². The minimum Gasteiger partial charge on any atom is -0.467 e. The van der Waals surface area contributed by atoms with Crippen molar-refractivity contribution < 1.29 is 18.4 Å². The van der Waals surface area contributed by atoms with Gasteiger partial charge in [0.2, 0.25) is 5.91 Å². The Hall–Kier alpha value is -3.78. The van der Waals surface area contributed by atoms with Gasteiger partial charge in [0.25, 0.3) is 5.91 Å². The van der Waals surface area contributed by atoms with Gasteiger partial charge in [-0.25, -0.2) is 4.39 Å². The standard InChI is InChI=1S/C22H18FN3O3S/c23-16-10-7-15(8-11-16)9-12-20(27)26-22(30)25-19-6-2-1-5-18(19)21(28)24-14-17-4-3-13-29-17/h1-13H,14H2,(H,24,28)(H2,25,26,27,30)/b12-9+. The summed E-state index contributed by atoms with van der Waals surface area (Å²) in [5.74, 6) is -0.505. The first kappa shape index (κ1) is 20.9. The average Bonchev–Trinajstić information content (AvgIpc) is 3.25. The van der Waals surface area contributed by atoms with Gasteiger partial charge in [0.15, 0.2) is 5.11 Å². The van der Waals surface area contributed by atoms with Crippen LogP contribution >= 0.6 is 12.2 Å². The highest BCUT2D eigenvalue weighted by molar-refractivity contribution is 7.80. The molecule has 0 aliphatic rings. The summed E-state index contributed by atoms with van der Waals surface area (Å²) in [4.78, 5) is 24.5. The molecule has 0 unspecified atom stereocenters. The van der Waals surface area contributed by atoms with Crippen molar-refractivity contribution in [1.29, 1.82) is 0 Å². The molecule has 2 amide bonds. The molecule has 0 aliphatic heterocycles. The van der Waals surface area contributed by atoms with Crippen LogP contribution in [0, 0.1) is 5.82 Å². The predicted molar refractivity (Wildman–Crippen MR) is 116 cm³/mol. The Balaban J connectivity index is 1.57. The van der Waals surface area contributed by atoms with E-state index >= 15 is 0 Å². The van der Waals surface area contributed by atoms with Crippen molar-refractivity contribution in [2.75, 3.05) is 5.32 Å². The third kappa shape index (κ3) is 6.11. The first-order valence-corrected chi connectivity index (χ1v) is 9.37. The van der Waals surface area contributed by atoms with E-state index in [1.54, 1.807) is 48.5 Å². The monoisotopic (exact) mass is 423 g/mol. The van der Waals surface area contributed by atoms with E-state index in [1.807, 2.05) is 0 Å². The Labute approximate surface area is 177 Å². The molecule has 30 heavy (non-hydrogen) atoms. The first-order valence-electron chi connectivity index (χ1n) is 8.96. The normalized spacial score (nSPS) is 10.6. The quantitative estimate of drug-likeness (QED) is 0.414. The Kier molecular flexibility index (Phi) is 7.07. The third-order valence-electron chi connectivity index (χ3n) is 3.96. The number of halogens is 1. The number of carbonyl (C=O) groups is 2. The van der Waals surface area contributed by atoms with Crippen molar-refractivity contribution in [3.8, 4) is 0 Å². The van der Waals surface area contributed by atoms with E-state index < -0.39 is 5.91 Å². The molecule has 2 aromatic carbocycles. The number of nitrogens with one attached hydrogen (secondary N) is 3. The second-order valence-electron chi connectivity index (χ2n) is 6.14. The molecule has 0 saturated heterocycles. The molecule has 3 aromatic rings. The molecule has 152 valence electrons. The van der Waals surface area contributed by atoms with Crippen LogP contribution in [-0.2, 0) is 11.3 Å². The number of furan rings is 1. The van der Waals surface area contributed by atoms with Crippen LogP contribution < -0.4 is 16.0 Å². The number of anilines is 1. The lowest BCUT2D eigenvalue weighted by Crippen LogP contribution is -2.33. The van der Waals surface area contributed by atoms with E-state index in [-0.39, 0.29) is 23.4 Å². The maximum absolute atomic E-state index is 12.9. The van der Waals surface area contributed by atoms with Crippen molar-refractivity contribution in [3.05, 3.63) is 95.7 Å². The van der Waals surface area contributed by atoms with Gasteiger partial charge in [0.1, 0.15) is 11.6 Å². The van der Waals surface area contributed by atoms with Crippen LogP contribution in [0.15, 0.2) is 77.4 Å². The maximum atomic E-state index is 12.9. The second-order valence-corrected chi connectivity index (χ2v) is 6.54. The number of rotatable bonds is 6. The highest BCUT2D eigenvalue weighted by Crippen LogP contribution is 2.15. The zero-order chi connectivity index (χ0) is 21.3. The topological polar surface area (TPSA) is 83.4 Å². The van der Waals surface area contributed by atoms with E-state index in [1.165, 1.54) is 30.5 Å². The summed E-state index contributed by atoms with van der Waals surface area (Å²) >= 11 is 5.16. The SMILES string of the molecule is O=C(/C=C/c1ccc(F)cc1)NC(=S)Nc1ccccc1C(=O)NCc1ccco1. The minimum atomic E-state index is -0.462.